The number of anilines is 1. The van der Waals surface area contributed by atoms with Crippen LogP contribution in [0.5, 0.6) is 5.75 Å². The summed E-state index contributed by atoms with van der Waals surface area (Å²) in [4.78, 5) is 15.0. The number of pyridine rings is 1. The Balaban J connectivity index is 2.16. The molecular weight excluding hydrogens is 292 g/mol. The van der Waals surface area contributed by atoms with Gasteiger partial charge in [0.25, 0.3) is 5.91 Å². The van der Waals surface area contributed by atoms with Crippen LogP contribution in [-0.4, -0.2) is 16.0 Å². The van der Waals surface area contributed by atoms with Gasteiger partial charge >= 0.3 is 6.18 Å². The molecule has 0 aliphatic rings. The molecule has 0 atom stereocenters. The predicted molar refractivity (Wildman–Crippen MR) is 65.3 cm³/mol. The van der Waals surface area contributed by atoms with Crippen molar-refractivity contribution in [1.82, 2.24) is 4.98 Å². The molecule has 0 fully saturated rings. The van der Waals surface area contributed by atoms with Gasteiger partial charge in [0.1, 0.15) is 17.3 Å². The highest BCUT2D eigenvalue weighted by Gasteiger charge is 2.32. The topological polar surface area (TPSA) is 62.2 Å². The average molecular weight is 300 g/mol. The highest BCUT2D eigenvalue weighted by atomic mass is 19.4. The van der Waals surface area contributed by atoms with Crippen LogP contribution in [0.4, 0.5) is 23.2 Å². The monoisotopic (exact) mass is 300 g/mol. The number of nitrogens with one attached hydrogen (secondary N) is 1. The summed E-state index contributed by atoms with van der Waals surface area (Å²) in [5.74, 6) is -2.10. The minimum absolute atomic E-state index is 0.0109. The highest BCUT2D eigenvalue weighted by Crippen LogP contribution is 2.28. The highest BCUT2D eigenvalue weighted by molar-refractivity contribution is 6.06. The molecule has 1 heterocycles. The number of benzene rings is 1. The Morgan fingerprint density at radius 2 is 1.90 bits per heavy atom. The third-order valence-corrected chi connectivity index (χ3v) is 2.52. The van der Waals surface area contributed by atoms with Crippen molar-refractivity contribution in [1.29, 1.82) is 0 Å². The van der Waals surface area contributed by atoms with Crippen molar-refractivity contribution < 1.29 is 27.5 Å². The van der Waals surface area contributed by atoms with Crippen LogP contribution in [0, 0.1) is 5.82 Å². The summed E-state index contributed by atoms with van der Waals surface area (Å²) in [7, 11) is 0. The quantitative estimate of drug-likeness (QED) is 0.837. The lowest BCUT2D eigenvalue weighted by molar-refractivity contribution is -0.141. The van der Waals surface area contributed by atoms with Crippen LogP contribution in [0.1, 0.15) is 16.1 Å². The lowest BCUT2D eigenvalue weighted by atomic mass is 10.2. The van der Waals surface area contributed by atoms with Gasteiger partial charge in [-0.3, -0.25) is 4.79 Å². The van der Waals surface area contributed by atoms with Crippen molar-refractivity contribution in [2.75, 3.05) is 5.32 Å². The van der Waals surface area contributed by atoms with Gasteiger partial charge in [-0.05, 0) is 24.3 Å². The number of carbonyl (C=O) groups is 1. The molecule has 110 valence electrons. The Bertz CT molecular complexity index is 669. The second kappa shape index (κ2) is 5.39. The molecule has 1 amide bonds. The van der Waals surface area contributed by atoms with Crippen LogP contribution >= 0.6 is 0 Å². The molecule has 0 aliphatic carbocycles. The van der Waals surface area contributed by atoms with Gasteiger partial charge in [-0.1, -0.05) is 0 Å². The van der Waals surface area contributed by atoms with E-state index in [1.807, 2.05) is 0 Å². The summed E-state index contributed by atoms with van der Waals surface area (Å²) in [5, 5.41) is 11.7. The number of phenolic OH excluding ortho intramolecular Hbond substituents is 1. The molecule has 0 spiro atoms. The minimum atomic E-state index is -4.57. The molecule has 0 saturated heterocycles. The summed E-state index contributed by atoms with van der Waals surface area (Å²) < 4.78 is 49.7. The van der Waals surface area contributed by atoms with Gasteiger partial charge in [0.2, 0.25) is 0 Å². The molecule has 0 bridgehead atoms. The molecule has 1 aromatic heterocycles. The summed E-state index contributed by atoms with van der Waals surface area (Å²) in [6.45, 7) is 0. The van der Waals surface area contributed by atoms with E-state index in [-0.39, 0.29) is 11.3 Å². The molecular formula is C13H8F4N2O2. The number of aromatic nitrogens is 1. The first-order valence-corrected chi connectivity index (χ1v) is 5.60. The Hall–Kier alpha value is -2.64. The Morgan fingerprint density at radius 1 is 1.19 bits per heavy atom. The number of hydrogen-bond acceptors (Lipinski definition) is 3. The zero-order valence-electron chi connectivity index (χ0n) is 10.3. The van der Waals surface area contributed by atoms with E-state index in [4.69, 9.17) is 0 Å². The zero-order chi connectivity index (χ0) is 15.6. The van der Waals surface area contributed by atoms with E-state index >= 15 is 0 Å². The second-order valence-corrected chi connectivity index (χ2v) is 4.05. The SMILES string of the molecule is O=C(Nc1ccc(C(F)(F)F)nc1)c1ccc(F)cc1O. The molecule has 2 aromatic rings. The van der Waals surface area contributed by atoms with Gasteiger partial charge in [-0.15, -0.1) is 0 Å². The van der Waals surface area contributed by atoms with E-state index in [0.717, 1.165) is 30.5 Å². The maximum atomic E-state index is 12.8. The fourth-order valence-corrected chi connectivity index (χ4v) is 1.53. The summed E-state index contributed by atoms with van der Waals surface area (Å²) in [6, 6.07) is 4.51. The van der Waals surface area contributed by atoms with Gasteiger partial charge in [0.15, 0.2) is 0 Å². The first kappa shape index (κ1) is 14.8. The molecule has 0 radical (unpaired) electrons. The normalized spacial score (nSPS) is 11.2. The van der Waals surface area contributed by atoms with Crippen molar-refractivity contribution in [2.45, 2.75) is 6.18 Å². The molecule has 8 heteroatoms. The van der Waals surface area contributed by atoms with E-state index in [1.165, 1.54) is 0 Å². The fraction of sp³-hybridized carbons (Fsp3) is 0.0769. The van der Waals surface area contributed by atoms with E-state index < -0.39 is 29.3 Å². The second-order valence-electron chi connectivity index (χ2n) is 4.05. The predicted octanol–water partition coefficient (Wildman–Crippen LogP) is 3.20. The maximum Gasteiger partial charge on any atom is 0.433 e. The maximum absolute atomic E-state index is 12.8. The van der Waals surface area contributed by atoms with Crippen molar-refractivity contribution >= 4 is 11.6 Å². The summed E-state index contributed by atoms with van der Waals surface area (Å²) >= 11 is 0. The molecule has 21 heavy (non-hydrogen) atoms. The summed E-state index contributed by atoms with van der Waals surface area (Å²) in [6.07, 6.45) is -3.74. The van der Waals surface area contributed by atoms with Gasteiger partial charge < -0.3 is 10.4 Å². The van der Waals surface area contributed by atoms with Crippen LogP contribution in [0.15, 0.2) is 36.5 Å². The van der Waals surface area contributed by atoms with Crippen LogP contribution in [0.2, 0.25) is 0 Å². The lowest BCUT2D eigenvalue weighted by Gasteiger charge is -2.08. The first-order valence-electron chi connectivity index (χ1n) is 5.60. The summed E-state index contributed by atoms with van der Waals surface area (Å²) in [5.41, 5.74) is -1.29. The zero-order valence-corrected chi connectivity index (χ0v) is 10.3. The molecule has 0 unspecified atom stereocenters. The Kier molecular flexibility index (Phi) is 3.79. The van der Waals surface area contributed by atoms with Crippen molar-refractivity contribution in [2.24, 2.45) is 0 Å². The van der Waals surface area contributed by atoms with Gasteiger partial charge in [0.05, 0.1) is 17.4 Å². The van der Waals surface area contributed by atoms with E-state index in [1.54, 1.807) is 0 Å². The van der Waals surface area contributed by atoms with Crippen LogP contribution in [0.25, 0.3) is 0 Å². The minimum Gasteiger partial charge on any atom is -0.507 e. The van der Waals surface area contributed by atoms with Crippen LogP contribution in [-0.2, 0) is 6.18 Å². The van der Waals surface area contributed by atoms with Crippen LogP contribution < -0.4 is 5.32 Å². The fourth-order valence-electron chi connectivity index (χ4n) is 1.53. The number of phenols is 1. The van der Waals surface area contributed by atoms with Crippen molar-refractivity contribution in [3.05, 3.63) is 53.6 Å². The van der Waals surface area contributed by atoms with E-state index in [2.05, 4.69) is 10.3 Å². The molecule has 0 aliphatic heterocycles. The number of aromatic hydroxyl groups is 1. The number of nitrogens with zero attached hydrogens (tertiary/aromatic N) is 1. The lowest BCUT2D eigenvalue weighted by Crippen LogP contribution is -2.13. The number of hydrogen-bond donors (Lipinski definition) is 2. The molecule has 1 aromatic carbocycles. The third kappa shape index (κ3) is 3.47. The van der Waals surface area contributed by atoms with Crippen molar-refractivity contribution in [3.63, 3.8) is 0 Å². The standard InChI is InChI=1S/C13H8F4N2O2/c14-7-1-3-9(10(20)5-7)12(21)19-8-2-4-11(18-6-8)13(15,16)17/h1-6,20H,(H,19,21). The van der Waals surface area contributed by atoms with Crippen molar-refractivity contribution in [3.8, 4) is 5.75 Å². The number of alkyl halides is 3. The number of halogens is 4. The Morgan fingerprint density at radius 3 is 2.43 bits per heavy atom. The van der Waals surface area contributed by atoms with Gasteiger partial charge in [-0.25, -0.2) is 9.37 Å². The number of amides is 1. The molecule has 4 nitrogen and oxygen atoms in total. The largest absolute Gasteiger partial charge is 0.507 e. The first-order chi connectivity index (χ1) is 9.77. The average Bonchev–Trinajstić information content (AvgIpc) is 2.38. The molecule has 2 N–H and O–H groups in total. The smallest absolute Gasteiger partial charge is 0.433 e. The third-order valence-electron chi connectivity index (χ3n) is 2.52. The van der Waals surface area contributed by atoms with E-state index in [0.29, 0.717) is 6.07 Å². The van der Waals surface area contributed by atoms with Crippen LogP contribution in [0.3, 0.4) is 0 Å². The Labute approximate surface area is 116 Å². The molecule has 0 saturated carbocycles. The molecule has 2 rings (SSSR count). The van der Waals surface area contributed by atoms with Gasteiger partial charge in [-0.2, -0.15) is 13.2 Å². The van der Waals surface area contributed by atoms with E-state index in [9.17, 15) is 27.5 Å². The number of carbonyl (C=O) groups excluding carboxylic acids is 1. The number of rotatable bonds is 2. The van der Waals surface area contributed by atoms with Gasteiger partial charge in [0, 0.05) is 6.07 Å².